The lowest BCUT2D eigenvalue weighted by Gasteiger charge is -2.16. The van der Waals surface area contributed by atoms with Gasteiger partial charge in [0.05, 0.1) is 0 Å². The quantitative estimate of drug-likeness (QED) is 0.820. The number of hydrogen-bond donors (Lipinski definition) is 1. The minimum atomic E-state index is -0.554. The van der Waals surface area contributed by atoms with Gasteiger partial charge in [-0.1, -0.05) is 6.07 Å². The summed E-state index contributed by atoms with van der Waals surface area (Å²) in [6.45, 7) is 0. The maximum absolute atomic E-state index is 11.2. The molecule has 2 rings (SSSR count). The highest BCUT2D eigenvalue weighted by Crippen LogP contribution is 2.17. The topological polar surface area (TPSA) is 85.7 Å². The molecule has 0 atom stereocenters. The van der Waals surface area contributed by atoms with E-state index in [1.54, 1.807) is 30.3 Å². The maximum atomic E-state index is 11.2. The van der Waals surface area contributed by atoms with E-state index in [0.29, 0.717) is 11.6 Å². The van der Waals surface area contributed by atoms with E-state index in [-0.39, 0.29) is 5.69 Å². The molecule has 0 aliphatic carbocycles. The molecule has 0 fully saturated rings. The van der Waals surface area contributed by atoms with E-state index in [1.807, 2.05) is 12.1 Å². The van der Waals surface area contributed by atoms with Gasteiger partial charge in [-0.15, -0.1) is 0 Å². The monoisotopic (exact) mass is 227 g/mol. The summed E-state index contributed by atoms with van der Waals surface area (Å²) in [6, 6.07) is 8.78. The van der Waals surface area contributed by atoms with Gasteiger partial charge in [-0.3, -0.25) is 4.98 Å². The summed E-state index contributed by atoms with van der Waals surface area (Å²) in [7, 11) is 1.73. The van der Waals surface area contributed by atoms with Crippen molar-refractivity contribution in [2.24, 2.45) is 0 Å². The average Bonchev–Trinajstić information content (AvgIpc) is 2.38. The van der Waals surface area contributed by atoms with E-state index < -0.39 is 5.69 Å². The van der Waals surface area contributed by atoms with Gasteiger partial charge in [-0.2, -0.15) is 10.2 Å². The third-order valence-corrected chi connectivity index (χ3v) is 2.19. The minimum absolute atomic E-state index is 0.169. The fraction of sp³-hybridized carbons (Fsp3) is 0.0909. The van der Waals surface area contributed by atoms with Crippen molar-refractivity contribution in [1.82, 2.24) is 15.0 Å². The molecule has 0 spiro atoms. The molecule has 0 unspecified atom stereocenters. The number of anilines is 2. The molecule has 1 N–H and O–H groups in total. The van der Waals surface area contributed by atoms with E-state index in [0.717, 1.165) is 0 Å². The van der Waals surface area contributed by atoms with Crippen LogP contribution >= 0.6 is 0 Å². The van der Waals surface area contributed by atoms with E-state index in [9.17, 15) is 4.79 Å². The minimum Gasteiger partial charge on any atom is -0.314 e. The lowest BCUT2D eigenvalue weighted by Crippen LogP contribution is -2.19. The van der Waals surface area contributed by atoms with Crippen molar-refractivity contribution < 1.29 is 0 Å². The Hall–Kier alpha value is -2.68. The zero-order valence-corrected chi connectivity index (χ0v) is 9.08. The zero-order chi connectivity index (χ0) is 12.3. The Kier molecular flexibility index (Phi) is 2.83. The number of hydrogen-bond acceptors (Lipinski definition) is 5. The third-order valence-electron chi connectivity index (χ3n) is 2.19. The predicted molar refractivity (Wildman–Crippen MR) is 61.9 cm³/mol. The standard InChI is InChI=1S/C11H9N5O/c1-16(9-4-2-3-5-13-9)10-6-8(7-12)14-11(17)15-10/h2-6H,1H3,(H,14,15,17). The molecular weight excluding hydrogens is 218 g/mol. The van der Waals surface area contributed by atoms with Gasteiger partial charge in [0, 0.05) is 19.3 Å². The van der Waals surface area contributed by atoms with Gasteiger partial charge in [0.2, 0.25) is 0 Å². The van der Waals surface area contributed by atoms with Crippen LogP contribution in [0.15, 0.2) is 35.3 Å². The van der Waals surface area contributed by atoms with Gasteiger partial charge in [-0.25, -0.2) is 9.78 Å². The molecule has 2 heterocycles. The van der Waals surface area contributed by atoms with E-state index in [1.165, 1.54) is 6.07 Å². The molecule has 0 saturated heterocycles. The molecular formula is C11H9N5O. The number of nitrogens with one attached hydrogen (secondary N) is 1. The molecule has 0 aliphatic heterocycles. The Balaban J connectivity index is 2.45. The number of aromatic amines is 1. The molecule has 84 valence electrons. The van der Waals surface area contributed by atoms with E-state index >= 15 is 0 Å². The molecule has 0 radical (unpaired) electrons. The molecule has 6 nitrogen and oxygen atoms in total. The van der Waals surface area contributed by atoms with Crippen molar-refractivity contribution in [2.45, 2.75) is 0 Å². The first-order valence-corrected chi connectivity index (χ1v) is 4.87. The Bertz CT molecular complexity index is 614. The Morgan fingerprint density at radius 2 is 2.24 bits per heavy atom. The molecule has 17 heavy (non-hydrogen) atoms. The Morgan fingerprint density at radius 3 is 2.88 bits per heavy atom. The van der Waals surface area contributed by atoms with Crippen LogP contribution in [0.5, 0.6) is 0 Å². The van der Waals surface area contributed by atoms with Gasteiger partial charge < -0.3 is 4.90 Å². The van der Waals surface area contributed by atoms with Crippen LogP contribution in [0.4, 0.5) is 11.6 Å². The summed E-state index contributed by atoms with van der Waals surface area (Å²) in [5.41, 5.74) is -0.385. The first-order valence-electron chi connectivity index (χ1n) is 4.87. The first kappa shape index (κ1) is 10.8. The number of H-pyrrole nitrogens is 1. The van der Waals surface area contributed by atoms with Gasteiger partial charge >= 0.3 is 5.69 Å². The number of pyridine rings is 1. The van der Waals surface area contributed by atoms with E-state index in [4.69, 9.17) is 5.26 Å². The Morgan fingerprint density at radius 1 is 1.41 bits per heavy atom. The second-order valence-electron chi connectivity index (χ2n) is 3.32. The van der Waals surface area contributed by atoms with Crippen molar-refractivity contribution in [3.8, 4) is 6.07 Å². The maximum Gasteiger partial charge on any atom is 0.347 e. The summed E-state index contributed by atoms with van der Waals surface area (Å²) in [4.78, 5) is 23.1. The molecule has 2 aromatic rings. The number of aromatic nitrogens is 3. The highest BCUT2D eigenvalue weighted by atomic mass is 16.1. The molecule has 0 amide bonds. The Labute approximate surface area is 97.2 Å². The van der Waals surface area contributed by atoms with Crippen molar-refractivity contribution in [3.63, 3.8) is 0 Å². The highest BCUT2D eigenvalue weighted by molar-refractivity contribution is 5.55. The van der Waals surface area contributed by atoms with Gasteiger partial charge in [0.15, 0.2) is 0 Å². The van der Waals surface area contributed by atoms with Crippen LogP contribution in [0, 0.1) is 11.3 Å². The van der Waals surface area contributed by atoms with Crippen molar-refractivity contribution in [1.29, 1.82) is 5.26 Å². The van der Waals surface area contributed by atoms with Crippen LogP contribution in [0.2, 0.25) is 0 Å². The fourth-order valence-electron chi connectivity index (χ4n) is 1.35. The van der Waals surface area contributed by atoms with Gasteiger partial charge in [-0.05, 0) is 12.1 Å². The first-order chi connectivity index (χ1) is 8.20. The molecule has 0 aliphatic rings. The second-order valence-corrected chi connectivity index (χ2v) is 3.32. The van der Waals surface area contributed by atoms with Crippen LogP contribution < -0.4 is 10.6 Å². The summed E-state index contributed by atoms with van der Waals surface area (Å²) < 4.78 is 0. The van der Waals surface area contributed by atoms with Crippen LogP contribution in [0.3, 0.4) is 0 Å². The smallest absolute Gasteiger partial charge is 0.314 e. The summed E-state index contributed by atoms with van der Waals surface area (Å²) in [5, 5.41) is 8.76. The number of rotatable bonds is 2. The SMILES string of the molecule is CN(c1ccccn1)c1cc(C#N)[nH]c(=O)n1. The average molecular weight is 227 g/mol. The molecule has 0 aromatic carbocycles. The summed E-state index contributed by atoms with van der Waals surface area (Å²) in [5.74, 6) is 1.03. The van der Waals surface area contributed by atoms with Gasteiger partial charge in [0.25, 0.3) is 0 Å². The molecule has 6 heteroatoms. The van der Waals surface area contributed by atoms with Crippen LogP contribution in [-0.4, -0.2) is 22.0 Å². The predicted octanol–water partition coefficient (Wildman–Crippen LogP) is 0.804. The third kappa shape index (κ3) is 2.29. The van der Waals surface area contributed by atoms with Crippen molar-refractivity contribution >= 4 is 11.6 Å². The van der Waals surface area contributed by atoms with Crippen LogP contribution in [0.1, 0.15) is 5.69 Å². The normalized spacial score (nSPS) is 9.65. The molecule has 2 aromatic heterocycles. The van der Waals surface area contributed by atoms with Gasteiger partial charge in [0.1, 0.15) is 23.4 Å². The van der Waals surface area contributed by atoms with Crippen molar-refractivity contribution in [2.75, 3.05) is 11.9 Å². The van der Waals surface area contributed by atoms with Crippen LogP contribution in [0.25, 0.3) is 0 Å². The van der Waals surface area contributed by atoms with Crippen molar-refractivity contribution in [3.05, 3.63) is 46.6 Å². The highest BCUT2D eigenvalue weighted by Gasteiger charge is 2.08. The zero-order valence-electron chi connectivity index (χ0n) is 9.08. The molecule has 0 saturated carbocycles. The largest absolute Gasteiger partial charge is 0.347 e. The van der Waals surface area contributed by atoms with Crippen LogP contribution in [-0.2, 0) is 0 Å². The summed E-state index contributed by atoms with van der Waals surface area (Å²) in [6.07, 6.45) is 1.64. The lowest BCUT2D eigenvalue weighted by atomic mass is 10.4. The second kappa shape index (κ2) is 4.45. The number of nitriles is 1. The molecule has 0 bridgehead atoms. The lowest BCUT2D eigenvalue weighted by molar-refractivity contribution is 0.997. The number of nitrogens with zero attached hydrogens (tertiary/aromatic N) is 4. The summed E-state index contributed by atoms with van der Waals surface area (Å²) >= 11 is 0. The van der Waals surface area contributed by atoms with E-state index in [2.05, 4.69) is 15.0 Å². The fourth-order valence-corrected chi connectivity index (χ4v) is 1.35.